The number of carbonyl (C=O) groups excluding carboxylic acids is 1. The molecule has 2 rings (SSSR count). The van der Waals surface area contributed by atoms with Crippen molar-refractivity contribution in [3.63, 3.8) is 0 Å². The smallest absolute Gasteiger partial charge is 0.349 e. The molecular weight excluding hydrogens is 236 g/mol. The fourth-order valence-electron chi connectivity index (χ4n) is 2.29. The van der Waals surface area contributed by atoms with Crippen molar-refractivity contribution in [2.75, 3.05) is 19.0 Å². The molecule has 0 radical (unpaired) electrons. The van der Waals surface area contributed by atoms with Crippen LogP contribution in [0.4, 0.5) is 5.13 Å². The van der Waals surface area contributed by atoms with Gasteiger partial charge in [-0.05, 0) is 24.7 Å². The summed E-state index contributed by atoms with van der Waals surface area (Å²) in [6, 6.07) is 0. The topological polar surface area (TPSA) is 51.2 Å². The molecule has 0 saturated heterocycles. The van der Waals surface area contributed by atoms with E-state index in [4.69, 9.17) is 0 Å². The van der Waals surface area contributed by atoms with Crippen molar-refractivity contribution >= 4 is 22.4 Å². The summed E-state index contributed by atoms with van der Waals surface area (Å²) in [5.41, 5.74) is 0. The minimum absolute atomic E-state index is 0.315. The molecule has 0 aliphatic heterocycles. The first-order chi connectivity index (χ1) is 8.19. The van der Waals surface area contributed by atoms with E-state index in [1.54, 1.807) is 6.20 Å². The number of ether oxygens (including phenoxy) is 1. The summed E-state index contributed by atoms with van der Waals surface area (Å²) in [7, 11) is 1.38. The number of anilines is 1. The van der Waals surface area contributed by atoms with Crippen LogP contribution < -0.4 is 5.32 Å². The maximum atomic E-state index is 11.3. The number of carbonyl (C=O) groups is 1. The lowest BCUT2D eigenvalue weighted by Gasteiger charge is -2.09. The first-order valence-electron chi connectivity index (χ1n) is 5.97. The molecule has 1 aliphatic carbocycles. The number of nitrogens with zero attached hydrogens (tertiary/aromatic N) is 1. The molecule has 2 unspecified atom stereocenters. The summed E-state index contributed by atoms with van der Waals surface area (Å²) < 4.78 is 4.65. The van der Waals surface area contributed by atoms with Crippen molar-refractivity contribution < 1.29 is 9.53 Å². The van der Waals surface area contributed by atoms with E-state index in [2.05, 4.69) is 22.0 Å². The summed E-state index contributed by atoms with van der Waals surface area (Å²) in [5.74, 6) is 1.28. The zero-order valence-electron chi connectivity index (χ0n) is 10.2. The highest BCUT2D eigenvalue weighted by Gasteiger charge is 2.21. The van der Waals surface area contributed by atoms with E-state index >= 15 is 0 Å². The van der Waals surface area contributed by atoms with Gasteiger partial charge in [-0.25, -0.2) is 9.78 Å². The molecule has 1 aromatic rings. The molecule has 1 saturated carbocycles. The molecule has 1 aromatic heterocycles. The maximum Gasteiger partial charge on any atom is 0.349 e. The second kappa shape index (κ2) is 5.49. The lowest BCUT2D eigenvalue weighted by atomic mass is 10.1. The first-order valence-corrected chi connectivity index (χ1v) is 6.78. The lowest BCUT2D eigenvalue weighted by molar-refractivity contribution is 0.0606. The Morgan fingerprint density at radius 2 is 2.47 bits per heavy atom. The van der Waals surface area contributed by atoms with Gasteiger partial charge in [0.05, 0.1) is 13.3 Å². The van der Waals surface area contributed by atoms with Crippen molar-refractivity contribution in [3.05, 3.63) is 11.1 Å². The second-order valence-electron chi connectivity index (χ2n) is 4.69. The zero-order chi connectivity index (χ0) is 12.3. The van der Waals surface area contributed by atoms with Crippen LogP contribution in [0.15, 0.2) is 6.20 Å². The Morgan fingerprint density at radius 1 is 1.65 bits per heavy atom. The van der Waals surface area contributed by atoms with E-state index in [-0.39, 0.29) is 5.97 Å². The van der Waals surface area contributed by atoms with Crippen LogP contribution in [0, 0.1) is 11.8 Å². The van der Waals surface area contributed by atoms with Gasteiger partial charge in [0.2, 0.25) is 0 Å². The molecule has 1 fully saturated rings. The lowest BCUT2D eigenvalue weighted by Crippen LogP contribution is -2.11. The van der Waals surface area contributed by atoms with E-state index in [0.717, 1.165) is 23.5 Å². The largest absolute Gasteiger partial charge is 0.465 e. The third kappa shape index (κ3) is 3.19. The highest BCUT2D eigenvalue weighted by atomic mass is 32.1. The van der Waals surface area contributed by atoms with Crippen LogP contribution in [0.3, 0.4) is 0 Å². The van der Waals surface area contributed by atoms with E-state index in [0.29, 0.717) is 4.88 Å². The van der Waals surface area contributed by atoms with Crippen LogP contribution in [0.1, 0.15) is 35.9 Å². The molecule has 17 heavy (non-hydrogen) atoms. The normalized spacial score (nSPS) is 23.6. The van der Waals surface area contributed by atoms with E-state index < -0.39 is 0 Å². The number of hydrogen-bond donors (Lipinski definition) is 1. The quantitative estimate of drug-likeness (QED) is 0.839. The van der Waals surface area contributed by atoms with Crippen molar-refractivity contribution in [2.45, 2.75) is 26.2 Å². The number of aromatic nitrogens is 1. The molecule has 2 atom stereocenters. The SMILES string of the molecule is COC(=O)c1cnc(NCC2CCC(C)C2)s1. The summed E-state index contributed by atoms with van der Waals surface area (Å²) in [5, 5.41) is 4.12. The predicted octanol–water partition coefficient (Wildman–Crippen LogP) is 2.78. The van der Waals surface area contributed by atoms with E-state index in [1.165, 1.54) is 37.7 Å². The predicted molar refractivity (Wildman–Crippen MR) is 68.4 cm³/mol. The number of nitrogens with one attached hydrogen (secondary N) is 1. The maximum absolute atomic E-state index is 11.3. The molecule has 1 heterocycles. The highest BCUT2D eigenvalue weighted by molar-refractivity contribution is 7.17. The molecule has 0 spiro atoms. The van der Waals surface area contributed by atoms with Gasteiger partial charge in [0.15, 0.2) is 5.13 Å². The van der Waals surface area contributed by atoms with Crippen molar-refractivity contribution in [1.29, 1.82) is 0 Å². The highest BCUT2D eigenvalue weighted by Crippen LogP contribution is 2.30. The molecule has 0 amide bonds. The summed E-state index contributed by atoms with van der Waals surface area (Å²) in [6.07, 6.45) is 5.49. The summed E-state index contributed by atoms with van der Waals surface area (Å²) in [6.45, 7) is 3.26. The van der Waals surface area contributed by atoms with Gasteiger partial charge in [-0.3, -0.25) is 0 Å². The van der Waals surface area contributed by atoms with Crippen LogP contribution in [0.25, 0.3) is 0 Å². The van der Waals surface area contributed by atoms with Crippen molar-refractivity contribution in [1.82, 2.24) is 4.98 Å². The van der Waals surface area contributed by atoms with Crippen LogP contribution in [0.2, 0.25) is 0 Å². The van der Waals surface area contributed by atoms with Crippen molar-refractivity contribution in [2.24, 2.45) is 11.8 Å². The minimum atomic E-state index is -0.315. The molecule has 0 bridgehead atoms. The standard InChI is InChI=1S/C12H18N2O2S/c1-8-3-4-9(5-8)6-13-12-14-7-10(17-12)11(15)16-2/h7-9H,3-6H2,1-2H3,(H,13,14). The van der Waals surface area contributed by atoms with Gasteiger partial charge >= 0.3 is 5.97 Å². The van der Waals surface area contributed by atoms with Crippen LogP contribution in [-0.2, 0) is 4.74 Å². The monoisotopic (exact) mass is 254 g/mol. The number of thiazole rings is 1. The van der Waals surface area contributed by atoms with Crippen LogP contribution in [0.5, 0.6) is 0 Å². The zero-order valence-corrected chi connectivity index (χ0v) is 11.0. The van der Waals surface area contributed by atoms with Crippen molar-refractivity contribution in [3.8, 4) is 0 Å². The molecule has 1 N–H and O–H groups in total. The summed E-state index contributed by atoms with van der Waals surface area (Å²) >= 11 is 1.35. The van der Waals surface area contributed by atoms with Gasteiger partial charge in [-0.2, -0.15) is 0 Å². The van der Waals surface area contributed by atoms with Gasteiger partial charge in [-0.1, -0.05) is 24.7 Å². The number of hydrogen-bond acceptors (Lipinski definition) is 5. The molecule has 1 aliphatic rings. The number of rotatable bonds is 4. The number of methoxy groups -OCH3 is 1. The van der Waals surface area contributed by atoms with Gasteiger partial charge in [0, 0.05) is 6.54 Å². The van der Waals surface area contributed by atoms with Crippen LogP contribution in [-0.4, -0.2) is 24.6 Å². The van der Waals surface area contributed by atoms with Gasteiger partial charge in [0.1, 0.15) is 4.88 Å². The third-order valence-electron chi connectivity index (χ3n) is 3.24. The first kappa shape index (κ1) is 12.4. The Hall–Kier alpha value is -1.10. The summed E-state index contributed by atoms with van der Waals surface area (Å²) in [4.78, 5) is 16.0. The average Bonchev–Trinajstić information content (AvgIpc) is 2.94. The van der Waals surface area contributed by atoms with Crippen LogP contribution >= 0.6 is 11.3 Å². The molecular formula is C12H18N2O2S. The van der Waals surface area contributed by atoms with E-state index in [1.807, 2.05) is 0 Å². The Bertz CT molecular complexity index is 392. The molecule has 0 aromatic carbocycles. The van der Waals surface area contributed by atoms with Gasteiger partial charge in [0.25, 0.3) is 0 Å². The molecule has 4 nitrogen and oxygen atoms in total. The third-order valence-corrected chi connectivity index (χ3v) is 4.17. The van der Waals surface area contributed by atoms with Gasteiger partial charge in [-0.15, -0.1) is 0 Å². The minimum Gasteiger partial charge on any atom is -0.465 e. The van der Waals surface area contributed by atoms with E-state index in [9.17, 15) is 4.79 Å². The Balaban J connectivity index is 1.83. The Labute approximate surface area is 105 Å². The molecule has 5 heteroatoms. The molecule has 94 valence electrons. The average molecular weight is 254 g/mol. The fourth-order valence-corrected chi connectivity index (χ4v) is 3.03. The number of esters is 1. The van der Waals surface area contributed by atoms with Gasteiger partial charge < -0.3 is 10.1 Å². The fraction of sp³-hybridized carbons (Fsp3) is 0.667. The Morgan fingerprint density at radius 3 is 3.12 bits per heavy atom. The Kier molecular flexibility index (Phi) is 3.99. The second-order valence-corrected chi connectivity index (χ2v) is 5.72.